The average molecular weight is 411 g/mol. The van der Waals surface area contributed by atoms with Gasteiger partial charge in [-0.2, -0.15) is 0 Å². The van der Waals surface area contributed by atoms with Gasteiger partial charge in [-0.3, -0.25) is 4.31 Å². The van der Waals surface area contributed by atoms with Gasteiger partial charge < -0.3 is 4.74 Å². The molecule has 3 aromatic carbocycles. The van der Waals surface area contributed by atoms with Gasteiger partial charge in [-0.05, 0) is 72.0 Å². The van der Waals surface area contributed by atoms with E-state index in [2.05, 4.69) is 0 Å². The zero-order chi connectivity index (χ0) is 20.8. The lowest BCUT2D eigenvalue weighted by molar-refractivity contribution is 0.411. The summed E-state index contributed by atoms with van der Waals surface area (Å²) in [4.78, 5) is 0.184. The van der Waals surface area contributed by atoms with Gasteiger partial charge in [0.25, 0.3) is 10.0 Å². The van der Waals surface area contributed by atoms with Crippen LogP contribution in [0.4, 0.5) is 10.1 Å². The van der Waals surface area contributed by atoms with Crippen LogP contribution in [0.1, 0.15) is 23.6 Å². The predicted molar refractivity (Wildman–Crippen MR) is 112 cm³/mol. The van der Waals surface area contributed by atoms with Gasteiger partial charge in [-0.25, -0.2) is 12.8 Å². The molecule has 1 aliphatic heterocycles. The highest BCUT2D eigenvalue weighted by Gasteiger charge is 2.33. The van der Waals surface area contributed by atoms with Crippen LogP contribution in [-0.4, -0.2) is 15.5 Å². The van der Waals surface area contributed by atoms with E-state index < -0.39 is 10.0 Å². The minimum atomic E-state index is -3.85. The lowest BCUT2D eigenvalue weighted by Crippen LogP contribution is -2.33. The Morgan fingerprint density at radius 1 is 1.10 bits per heavy atom. The number of sulfonamides is 1. The average Bonchev–Trinajstić information content (AvgIpc) is 2.72. The molecular formula is C23H22FNO3S. The van der Waals surface area contributed by atoms with Gasteiger partial charge in [0, 0.05) is 5.56 Å². The summed E-state index contributed by atoms with van der Waals surface area (Å²) >= 11 is 0. The molecule has 0 fully saturated rings. The largest absolute Gasteiger partial charge is 0.496 e. The van der Waals surface area contributed by atoms with Crippen molar-refractivity contribution in [2.45, 2.75) is 31.7 Å². The lowest BCUT2D eigenvalue weighted by Gasteiger charge is -2.33. The number of ether oxygens (including phenoxy) is 1. The van der Waals surface area contributed by atoms with E-state index in [0.717, 1.165) is 28.7 Å². The molecule has 4 rings (SSSR count). The Hall–Kier alpha value is -2.86. The summed E-state index contributed by atoms with van der Waals surface area (Å²) in [7, 11) is -2.30. The Bertz CT molecular complexity index is 1200. The topological polar surface area (TPSA) is 46.6 Å². The molecule has 1 aliphatic rings. The first-order valence-corrected chi connectivity index (χ1v) is 10.9. The number of halogens is 1. The van der Waals surface area contributed by atoms with Crippen LogP contribution in [0.2, 0.25) is 0 Å². The summed E-state index contributed by atoms with van der Waals surface area (Å²) in [5, 5.41) is 0. The number of nitrogens with zero attached hydrogens (tertiary/aromatic N) is 1. The first kappa shape index (κ1) is 19.5. The molecule has 3 aromatic rings. The van der Waals surface area contributed by atoms with Crippen molar-refractivity contribution in [3.63, 3.8) is 0 Å². The molecule has 0 radical (unpaired) electrons. The molecule has 29 heavy (non-hydrogen) atoms. The van der Waals surface area contributed by atoms with Gasteiger partial charge in [-0.1, -0.05) is 25.1 Å². The Morgan fingerprint density at radius 2 is 1.90 bits per heavy atom. The van der Waals surface area contributed by atoms with Crippen molar-refractivity contribution in [3.8, 4) is 16.9 Å². The van der Waals surface area contributed by atoms with Gasteiger partial charge in [0.2, 0.25) is 0 Å². The van der Waals surface area contributed by atoms with Crippen LogP contribution in [0, 0.1) is 12.7 Å². The summed E-state index contributed by atoms with van der Waals surface area (Å²) < 4.78 is 47.8. The molecule has 6 heteroatoms. The fraction of sp³-hybridized carbons (Fsp3) is 0.217. The fourth-order valence-corrected chi connectivity index (χ4v) is 5.47. The highest BCUT2D eigenvalue weighted by Crippen LogP contribution is 2.44. The second-order valence-corrected chi connectivity index (χ2v) is 8.97. The zero-order valence-corrected chi connectivity index (χ0v) is 17.4. The zero-order valence-electron chi connectivity index (χ0n) is 16.6. The summed E-state index contributed by atoms with van der Waals surface area (Å²) in [6.45, 7) is 3.92. The molecule has 0 amide bonds. The van der Waals surface area contributed by atoms with E-state index in [4.69, 9.17) is 4.74 Å². The number of methoxy groups -OCH3 is 1. The van der Waals surface area contributed by atoms with Crippen molar-refractivity contribution in [2.24, 2.45) is 0 Å². The smallest absolute Gasteiger partial charge is 0.264 e. The van der Waals surface area contributed by atoms with E-state index >= 15 is 0 Å². The third-order valence-corrected chi connectivity index (χ3v) is 7.14. The summed E-state index contributed by atoms with van der Waals surface area (Å²) in [5.41, 5.74) is 4.78. The maximum atomic E-state index is 14.0. The van der Waals surface area contributed by atoms with Crippen LogP contribution in [-0.2, 0) is 23.0 Å². The Labute approximate surface area is 170 Å². The third-order valence-electron chi connectivity index (χ3n) is 5.38. The number of rotatable bonds is 4. The summed E-state index contributed by atoms with van der Waals surface area (Å²) in [5.74, 6) is 0.252. The molecule has 150 valence electrons. The lowest BCUT2D eigenvalue weighted by atomic mass is 9.90. The van der Waals surface area contributed by atoms with Crippen molar-refractivity contribution < 1.29 is 17.5 Å². The van der Waals surface area contributed by atoms with Crippen molar-refractivity contribution in [1.82, 2.24) is 0 Å². The molecule has 4 nitrogen and oxygen atoms in total. The molecular weight excluding hydrogens is 389 g/mol. The highest BCUT2D eigenvalue weighted by molar-refractivity contribution is 7.92. The summed E-state index contributed by atoms with van der Waals surface area (Å²) in [6, 6.07) is 15.1. The monoisotopic (exact) mass is 411 g/mol. The number of benzene rings is 3. The standard InChI is InChI=1S/C23H22FNO3S/c1-4-16-6-5-7-21-23(16)20-10-8-18(24)13-17(20)14-25(21)29(26,27)19-9-11-22(28-3)15(2)12-19/h5-13H,4,14H2,1-3H3. The van der Waals surface area contributed by atoms with Crippen LogP contribution in [0.15, 0.2) is 59.5 Å². The molecule has 0 aliphatic carbocycles. The Morgan fingerprint density at radius 3 is 2.59 bits per heavy atom. The molecule has 0 spiro atoms. The van der Waals surface area contributed by atoms with Gasteiger partial charge >= 0.3 is 0 Å². The van der Waals surface area contributed by atoms with Crippen molar-refractivity contribution in [3.05, 3.63) is 77.1 Å². The van der Waals surface area contributed by atoms with Crippen LogP contribution >= 0.6 is 0 Å². The molecule has 0 saturated heterocycles. The Balaban J connectivity index is 1.93. The molecule has 0 aromatic heterocycles. The Kier molecular flexibility index (Phi) is 4.82. The molecule has 0 bridgehead atoms. The van der Waals surface area contributed by atoms with E-state index in [1.54, 1.807) is 31.4 Å². The minimum absolute atomic E-state index is 0.0840. The van der Waals surface area contributed by atoms with Gasteiger partial charge in [0.05, 0.1) is 24.2 Å². The second-order valence-electron chi connectivity index (χ2n) is 7.11. The SMILES string of the molecule is CCc1cccc2c1-c1ccc(F)cc1CN2S(=O)(=O)c1ccc(OC)c(C)c1. The van der Waals surface area contributed by atoms with Crippen molar-refractivity contribution in [1.29, 1.82) is 0 Å². The number of hydrogen-bond acceptors (Lipinski definition) is 3. The fourth-order valence-electron chi connectivity index (χ4n) is 3.93. The van der Waals surface area contributed by atoms with Gasteiger partial charge in [-0.15, -0.1) is 0 Å². The molecule has 1 heterocycles. The van der Waals surface area contributed by atoms with Gasteiger partial charge in [0.15, 0.2) is 0 Å². The van der Waals surface area contributed by atoms with Crippen LogP contribution in [0.25, 0.3) is 11.1 Å². The maximum Gasteiger partial charge on any atom is 0.264 e. The van der Waals surface area contributed by atoms with E-state index in [1.165, 1.54) is 16.4 Å². The number of fused-ring (bicyclic) bond motifs is 3. The number of anilines is 1. The molecule has 0 N–H and O–H groups in total. The van der Waals surface area contributed by atoms with E-state index in [9.17, 15) is 12.8 Å². The van der Waals surface area contributed by atoms with Crippen LogP contribution in [0.5, 0.6) is 5.75 Å². The van der Waals surface area contributed by atoms with E-state index in [0.29, 0.717) is 17.0 Å². The predicted octanol–water partition coefficient (Wildman–Crippen LogP) is 5.08. The second kappa shape index (κ2) is 7.19. The first-order chi connectivity index (χ1) is 13.9. The van der Waals surface area contributed by atoms with Crippen LogP contribution < -0.4 is 9.04 Å². The van der Waals surface area contributed by atoms with Crippen LogP contribution in [0.3, 0.4) is 0 Å². The first-order valence-electron chi connectivity index (χ1n) is 9.45. The van der Waals surface area contributed by atoms with Gasteiger partial charge in [0.1, 0.15) is 11.6 Å². The summed E-state index contributed by atoms with van der Waals surface area (Å²) in [6.07, 6.45) is 0.746. The normalized spacial score (nSPS) is 13.0. The third kappa shape index (κ3) is 3.17. The molecule has 0 atom stereocenters. The molecule has 0 saturated carbocycles. The number of hydrogen-bond donors (Lipinski definition) is 0. The quantitative estimate of drug-likeness (QED) is 0.601. The molecule has 0 unspecified atom stereocenters. The minimum Gasteiger partial charge on any atom is -0.496 e. The number of aryl methyl sites for hydroxylation is 2. The van der Waals surface area contributed by atoms with Crippen molar-refractivity contribution in [2.75, 3.05) is 11.4 Å². The van der Waals surface area contributed by atoms with E-state index in [-0.39, 0.29) is 17.3 Å². The van der Waals surface area contributed by atoms with Crippen molar-refractivity contribution >= 4 is 15.7 Å². The maximum absolute atomic E-state index is 14.0. The highest BCUT2D eigenvalue weighted by atomic mass is 32.2. The van der Waals surface area contributed by atoms with E-state index in [1.807, 2.05) is 32.0 Å².